The van der Waals surface area contributed by atoms with Crippen molar-refractivity contribution in [2.24, 2.45) is 0 Å². The standard InChI is InChI=1S/C31H22F2N8/c32-22-8-6-20(7-9-22)23-10-11-36-30-28(23)38-31(39-30)29-25-24(40-41-29)17-37-27(26(25)33)21-12-19(15-35-16-21)14-34-13-18-4-2-1-3-5-18/h1-12,15-17,34H,13-14H2,(H,40,41)(H,36,38,39). The summed E-state index contributed by atoms with van der Waals surface area (Å²) in [4.78, 5) is 20.9. The van der Waals surface area contributed by atoms with Crippen LogP contribution in [0.1, 0.15) is 11.1 Å². The Balaban J connectivity index is 1.23. The van der Waals surface area contributed by atoms with Gasteiger partial charge < -0.3 is 10.3 Å². The van der Waals surface area contributed by atoms with Gasteiger partial charge in [-0.25, -0.2) is 18.7 Å². The molecule has 0 unspecified atom stereocenters. The van der Waals surface area contributed by atoms with Crippen molar-refractivity contribution in [3.8, 4) is 33.9 Å². The molecule has 3 N–H and O–H groups in total. The maximum absolute atomic E-state index is 16.1. The molecule has 0 aliphatic heterocycles. The zero-order valence-corrected chi connectivity index (χ0v) is 21.6. The molecule has 10 heteroatoms. The number of rotatable bonds is 7. The second-order valence-electron chi connectivity index (χ2n) is 9.60. The highest BCUT2D eigenvalue weighted by molar-refractivity contribution is 5.97. The molecule has 8 nitrogen and oxygen atoms in total. The number of H-pyrrole nitrogens is 2. The molecular formula is C31H22F2N8. The van der Waals surface area contributed by atoms with E-state index in [0.29, 0.717) is 46.9 Å². The first kappa shape index (κ1) is 24.7. The van der Waals surface area contributed by atoms with Crippen LogP contribution in [0.5, 0.6) is 0 Å². The molecule has 0 amide bonds. The van der Waals surface area contributed by atoms with E-state index in [2.05, 4.69) is 52.6 Å². The summed E-state index contributed by atoms with van der Waals surface area (Å²) >= 11 is 0. The van der Waals surface area contributed by atoms with Gasteiger partial charge in [-0.3, -0.25) is 15.1 Å². The highest BCUT2D eigenvalue weighted by atomic mass is 19.1. The molecule has 0 saturated heterocycles. The summed E-state index contributed by atoms with van der Waals surface area (Å²) in [5.41, 5.74) is 6.20. The first-order valence-electron chi connectivity index (χ1n) is 13.0. The third-order valence-corrected chi connectivity index (χ3v) is 6.89. The van der Waals surface area contributed by atoms with Crippen molar-refractivity contribution in [2.45, 2.75) is 13.1 Å². The van der Waals surface area contributed by atoms with Gasteiger partial charge in [0.1, 0.15) is 17.2 Å². The van der Waals surface area contributed by atoms with Crippen LogP contribution in [0.25, 0.3) is 56.0 Å². The zero-order chi connectivity index (χ0) is 27.8. The van der Waals surface area contributed by atoms with Gasteiger partial charge in [0.15, 0.2) is 17.3 Å². The molecule has 7 aromatic rings. The first-order valence-corrected chi connectivity index (χ1v) is 13.0. The largest absolute Gasteiger partial charge is 0.335 e. The fourth-order valence-electron chi connectivity index (χ4n) is 4.90. The van der Waals surface area contributed by atoms with Crippen molar-refractivity contribution in [1.29, 1.82) is 0 Å². The molecule has 0 spiro atoms. The molecule has 0 radical (unpaired) electrons. The molecule has 200 valence electrons. The number of nitrogens with one attached hydrogen (secondary N) is 3. The van der Waals surface area contributed by atoms with Crippen molar-refractivity contribution < 1.29 is 8.78 Å². The van der Waals surface area contributed by atoms with Crippen molar-refractivity contribution in [1.82, 2.24) is 40.4 Å². The number of hydrogen-bond acceptors (Lipinski definition) is 6. The Bertz CT molecular complexity index is 2000. The maximum Gasteiger partial charge on any atom is 0.178 e. The van der Waals surface area contributed by atoms with Crippen LogP contribution in [0.4, 0.5) is 8.78 Å². The molecule has 0 aliphatic carbocycles. The quantitative estimate of drug-likeness (QED) is 0.221. The second-order valence-corrected chi connectivity index (χ2v) is 9.60. The van der Waals surface area contributed by atoms with Crippen LogP contribution in [0.15, 0.2) is 91.5 Å². The van der Waals surface area contributed by atoms with Crippen molar-refractivity contribution in [3.63, 3.8) is 0 Å². The minimum Gasteiger partial charge on any atom is -0.335 e. The van der Waals surface area contributed by atoms with Crippen molar-refractivity contribution in [2.75, 3.05) is 0 Å². The Hall–Kier alpha value is -5.35. The average molecular weight is 545 g/mol. The van der Waals surface area contributed by atoms with E-state index in [1.54, 1.807) is 36.9 Å². The number of aromatic amines is 2. The summed E-state index contributed by atoms with van der Waals surface area (Å²) in [7, 11) is 0. The zero-order valence-electron chi connectivity index (χ0n) is 21.6. The van der Waals surface area contributed by atoms with Gasteiger partial charge in [0.2, 0.25) is 0 Å². The number of aromatic nitrogens is 7. The van der Waals surface area contributed by atoms with Crippen LogP contribution in [0, 0.1) is 11.6 Å². The van der Waals surface area contributed by atoms with Crippen LogP contribution in [-0.4, -0.2) is 35.1 Å². The fourth-order valence-corrected chi connectivity index (χ4v) is 4.90. The van der Waals surface area contributed by atoms with E-state index in [1.807, 2.05) is 30.3 Å². The monoisotopic (exact) mass is 544 g/mol. The molecule has 5 aromatic heterocycles. The van der Waals surface area contributed by atoms with E-state index >= 15 is 4.39 Å². The molecule has 2 aromatic carbocycles. The molecule has 41 heavy (non-hydrogen) atoms. The maximum atomic E-state index is 16.1. The average Bonchev–Trinajstić information content (AvgIpc) is 3.63. The number of hydrogen-bond donors (Lipinski definition) is 3. The minimum atomic E-state index is -0.533. The summed E-state index contributed by atoms with van der Waals surface area (Å²) in [6.45, 7) is 1.27. The Labute approximate surface area is 232 Å². The van der Waals surface area contributed by atoms with E-state index < -0.39 is 5.82 Å². The van der Waals surface area contributed by atoms with Gasteiger partial charge in [0, 0.05) is 42.8 Å². The van der Waals surface area contributed by atoms with E-state index in [-0.39, 0.29) is 16.9 Å². The Kier molecular flexibility index (Phi) is 6.21. The Morgan fingerprint density at radius 1 is 0.780 bits per heavy atom. The Morgan fingerprint density at radius 2 is 1.61 bits per heavy atom. The molecule has 7 rings (SSSR count). The first-order chi connectivity index (χ1) is 20.1. The lowest BCUT2D eigenvalue weighted by molar-refractivity contribution is 0.628. The Morgan fingerprint density at radius 3 is 2.46 bits per heavy atom. The van der Waals surface area contributed by atoms with Crippen LogP contribution < -0.4 is 5.32 Å². The van der Waals surface area contributed by atoms with Crippen LogP contribution >= 0.6 is 0 Å². The smallest absolute Gasteiger partial charge is 0.178 e. The molecule has 0 saturated carbocycles. The van der Waals surface area contributed by atoms with E-state index in [4.69, 9.17) is 0 Å². The lowest BCUT2D eigenvalue weighted by Crippen LogP contribution is -2.12. The van der Waals surface area contributed by atoms with Gasteiger partial charge in [-0.15, -0.1) is 0 Å². The summed E-state index contributed by atoms with van der Waals surface area (Å²) in [6.07, 6.45) is 6.53. The highest BCUT2D eigenvalue weighted by Crippen LogP contribution is 2.34. The SMILES string of the molecule is Fc1ccc(-c2ccnc3nc(-c4n[nH]c5cnc(-c6cncc(CNCc7ccccc7)c6)c(F)c45)[nH]c23)cc1. The number of nitrogens with zero attached hydrogens (tertiary/aromatic N) is 5. The topological polar surface area (TPSA) is 108 Å². The number of imidazole rings is 1. The number of halogens is 2. The summed E-state index contributed by atoms with van der Waals surface area (Å²) in [5, 5.41) is 10.9. The van der Waals surface area contributed by atoms with Crippen LogP contribution in [-0.2, 0) is 13.1 Å². The molecule has 0 bridgehead atoms. The van der Waals surface area contributed by atoms with Gasteiger partial charge in [0.25, 0.3) is 0 Å². The second kappa shape index (κ2) is 10.3. The number of benzene rings is 2. The third-order valence-electron chi connectivity index (χ3n) is 6.89. The predicted molar refractivity (Wildman–Crippen MR) is 152 cm³/mol. The summed E-state index contributed by atoms with van der Waals surface area (Å²) in [6, 6.07) is 20.0. The number of fused-ring (bicyclic) bond motifs is 2. The van der Waals surface area contributed by atoms with Gasteiger partial charge in [0.05, 0.1) is 22.6 Å². The third kappa shape index (κ3) is 4.70. The van der Waals surface area contributed by atoms with Crippen molar-refractivity contribution >= 4 is 22.1 Å². The number of pyridine rings is 3. The van der Waals surface area contributed by atoms with E-state index in [1.165, 1.54) is 17.7 Å². The van der Waals surface area contributed by atoms with E-state index in [0.717, 1.165) is 16.7 Å². The van der Waals surface area contributed by atoms with Gasteiger partial charge in [-0.1, -0.05) is 42.5 Å². The van der Waals surface area contributed by atoms with Crippen molar-refractivity contribution in [3.05, 3.63) is 114 Å². The van der Waals surface area contributed by atoms with Gasteiger partial charge in [-0.2, -0.15) is 5.10 Å². The minimum absolute atomic E-state index is 0.166. The van der Waals surface area contributed by atoms with Crippen LogP contribution in [0.3, 0.4) is 0 Å². The van der Waals surface area contributed by atoms with Gasteiger partial charge in [-0.05, 0) is 41.0 Å². The molecule has 0 fully saturated rings. The molecule has 0 atom stereocenters. The van der Waals surface area contributed by atoms with E-state index in [9.17, 15) is 4.39 Å². The molecule has 0 aliphatic rings. The summed E-state index contributed by atoms with van der Waals surface area (Å²) < 4.78 is 29.6. The lowest BCUT2D eigenvalue weighted by atomic mass is 10.1. The normalized spacial score (nSPS) is 11.5. The van der Waals surface area contributed by atoms with Crippen LogP contribution in [0.2, 0.25) is 0 Å². The molecule has 5 heterocycles. The lowest BCUT2D eigenvalue weighted by Gasteiger charge is -2.08. The highest BCUT2D eigenvalue weighted by Gasteiger charge is 2.21. The fraction of sp³-hybridized carbons (Fsp3) is 0.0645. The summed E-state index contributed by atoms with van der Waals surface area (Å²) in [5.74, 6) is -0.507. The molecular weight excluding hydrogens is 522 g/mol. The van der Waals surface area contributed by atoms with Gasteiger partial charge >= 0.3 is 0 Å². The predicted octanol–water partition coefficient (Wildman–Crippen LogP) is 6.19.